The van der Waals surface area contributed by atoms with Gasteiger partial charge < -0.3 is 15.5 Å². The van der Waals surface area contributed by atoms with Crippen LogP contribution >= 0.6 is 0 Å². The number of carbonyl (C=O) groups is 2. The SMILES string of the molecule is CNC(=O)Nc1ccc(C(=O)N2CCCCC2C)cc1. The molecule has 0 radical (unpaired) electrons. The molecule has 1 aliphatic heterocycles. The quantitative estimate of drug-likeness (QED) is 0.871. The highest BCUT2D eigenvalue weighted by Crippen LogP contribution is 2.20. The minimum atomic E-state index is -0.270. The number of piperidine rings is 1. The van der Waals surface area contributed by atoms with E-state index in [1.54, 1.807) is 31.3 Å². The molecule has 20 heavy (non-hydrogen) atoms. The molecule has 3 amide bonds. The van der Waals surface area contributed by atoms with Crippen LogP contribution in [0.5, 0.6) is 0 Å². The molecule has 1 aliphatic rings. The van der Waals surface area contributed by atoms with Gasteiger partial charge in [-0.15, -0.1) is 0 Å². The fourth-order valence-corrected chi connectivity index (χ4v) is 2.46. The molecule has 0 aliphatic carbocycles. The van der Waals surface area contributed by atoms with Crippen molar-refractivity contribution in [1.82, 2.24) is 10.2 Å². The Morgan fingerprint density at radius 2 is 1.90 bits per heavy atom. The van der Waals surface area contributed by atoms with Gasteiger partial charge in [-0.1, -0.05) is 0 Å². The van der Waals surface area contributed by atoms with Gasteiger partial charge in [0.1, 0.15) is 0 Å². The summed E-state index contributed by atoms with van der Waals surface area (Å²) >= 11 is 0. The molecule has 1 fully saturated rings. The van der Waals surface area contributed by atoms with Gasteiger partial charge in [0.25, 0.3) is 5.91 Å². The summed E-state index contributed by atoms with van der Waals surface area (Å²) in [5.41, 5.74) is 1.34. The maximum atomic E-state index is 12.4. The number of urea groups is 1. The summed E-state index contributed by atoms with van der Waals surface area (Å²) in [6, 6.07) is 7.05. The molecule has 1 saturated heterocycles. The second-order valence-electron chi connectivity index (χ2n) is 5.12. The zero-order valence-electron chi connectivity index (χ0n) is 12.0. The summed E-state index contributed by atoms with van der Waals surface area (Å²) < 4.78 is 0. The number of nitrogens with zero attached hydrogens (tertiary/aromatic N) is 1. The second-order valence-corrected chi connectivity index (χ2v) is 5.12. The minimum Gasteiger partial charge on any atom is -0.341 e. The van der Waals surface area contributed by atoms with E-state index in [4.69, 9.17) is 0 Å². The molecule has 0 spiro atoms. The molecule has 0 saturated carbocycles. The molecule has 1 aromatic carbocycles. The monoisotopic (exact) mass is 275 g/mol. The van der Waals surface area contributed by atoms with Crippen molar-refractivity contribution < 1.29 is 9.59 Å². The lowest BCUT2D eigenvalue weighted by atomic mass is 10.0. The van der Waals surface area contributed by atoms with E-state index in [1.165, 1.54) is 6.42 Å². The number of hydrogen-bond donors (Lipinski definition) is 2. The summed E-state index contributed by atoms with van der Waals surface area (Å²) in [4.78, 5) is 25.6. The number of amides is 3. The number of anilines is 1. The fraction of sp³-hybridized carbons (Fsp3) is 0.467. The standard InChI is InChI=1S/C15H21N3O2/c1-11-5-3-4-10-18(11)14(19)12-6-8-13(9-7-12)17-15(20)16-2/h6-9,11H,3-5,10H2,1-2H3,(H2,16,17,20). The Hall–Kier alpha value is -2.04. The molecular weight excluding hydrogens is 254 g/mol. The summed E-state index contributed by atoms with van der Waals surface area (Å²) in [5, 5.41) is 5.15. The Bertz CT molecular complexity index is 484. The van der Waals surface area contributed by atoms with Gasteiger partial charge in [-0.25, -0.2) is 4.79 Å². The van der Waals surface area contributed by atoms with Crippen LogP contribution in [0.15, 0.2) is 24.3 Å². The zero-order chi connectivity index (χ0) is 14.5. The highest BCUT2D eigenvalue weighted by molar-refractivity contribution is 5.95. The molecule has 1 atom stereocenters. The maximum absolute atomic E-state index is 12.4. The summed E-state index contributed by atoms with van der Waals surface area (Å²) in [7, 11) is 1.56. The Morgan fingerprint density at radius 1 is 1.20 bits per heavy atom. The smallest absolute Gasteiger partial charge is 0.318 e. The van der Waals surface area contributed by atoms with E-state index >= 15 is 0 Å². The van der Waals surface area contributed by atoms with Crippen LogP contribution < -0.4 is 10.6 Å². The largest absolute Gasteiger partial charge is 0.341 e. The van der Waals surface area contributed by atoms with Crippen molar-refractivity contribution in [2.24, 2.45) is 0 Å². The van der Waals surface area contributed by atoms with Gasteiger partial charge in [0.15, 0.2) is 0 Å². The van der Waals surface area contributed by atoms with Crippen LogP contribution in [-0.2, 0) is 0 Å². The molecule has 1 heterocycles. The molecular formula is C15H21N3O2. The summed E-state index contributed by atoms with van der Waals surface area (Å²) in [5.74, 6) is 0.0729. The van der Waals surface area contributed by atoms with Crippen LogP contribution in [0.25, 0.3) is 0 Å². The predicted molar refractivity (Wildman–Crippen MR) is 78.9 cm³/mol. The molecule has 1 unspecified atom stereocenters. The van der Waals surface area contributed by atoms with Crippen LogP contribution in [0.3, 0.4) is 0 Å². The third-order valence-corrected chi connectivity index (χ3v) is 3.68. The fourth-order valence-electron chi connectivity index (χ4n) is 2.46. The molecule has 0 bridgehead atoms. The van der Waals surface area contributed by atoms with Gasteiger partial charge in [-0.05, 0) is 50.5 Å². The van der Waals surface area contributed by atoms with Crippen LogP contribution in [0.4, 0.5) is 10.5 Å². The lowest BCUT2D eigenvalue weighted by molar-refractivity contribution is 0.0635. The van der Waals surface area contributed by atoms with Crippen molar-refractivity contribution in [3.8, 4) is 0 Å². The van der Waals surface area contributed by atoms with Crippen LogP contribution in [0.2, 0.25) is 0 Å². The number of nitrogens with one attached hydrogen (secondary N) is 2. The molecule has 2 rings (SSSR count). The molecule has 108 valence electrons. The van der Waals surface area contributed by atoms with Crippen molar-refractivity contribution in [2.45, 2.75) is 32.2 Å². The van der Waals surface area contributed by atoms with Gasteiger partial charge in [0.2, 0.25) is 0 Å². The van der Waals surface area contributed by atoms with Gasteiger partial charge in [0, 0.05) is 30.9 Å². The van der Waals surface area contributed by atoms with E-state index in [-0.39, 0.29) is 11.9 Å². The van der Waals surface area contributed by atoms with Gasteiger partial charge in [0.05, 0.1) is 0 Å². The number of rotatable bonds is 2. The summed E-state index contributed by atoms with van der Waals surface area (Å²) in [6.45, 7) is 2.93. The Kier molecular flexibility index (Phi) is 4.61. The minimum absolute atomic E-state index is 0.0729. The van der Waals surface area contributed by atoms with Crippen molar-refractivity contribution in [1.29, 1.82) is 0 Å². The first-order chi connectivity index (χ1) is 9.61. The van der Waals surface area contributed by atoms with E-state index < -0.39 is 0 Å². The number of carbonyl (C=O) groups excluding carboxylic acids is 2. The molecule has 5 nitrogen and oxygen atoms in total. The van der Waals surface area contributed by atoms with Crippen molar-refractivity contribution in [3.63, 3.8) is 0 Å². The van der Waals surface area contributed by atoms with Gasteiger partial charge in [-0.3, -0.25) is 4.79 Å². The normalized spacial score (nSPS) is 18.5. The first-order valence-corrected chi connectivity index (χ1v) is 7.01. The number of benzene rings is 1. The average Bonchev–Trinajstić information content (AvgIpc) is 2.47. The third-order valence-electron chi connectivity index (χ3n) is 3.68. The van der Waals surface area contributed by atoms with Gasteiger partial charge in [-0.2, -0.15) is 0 Å². The van der Waals surface area contributed by atoms with E-state index in [0.29, 0.717) is 17.3 Å². The highest BCUT2D eigenvalue weighted by Gasteiger charge is 2.23. The van der Waals surface area contributed by atoms with Crippen LogP contribution in [0.1, 0.15) is 36.5 Å². The lowest BCUT2D eigenvalue weighted by Crippen LogP contribution is -2.42. The Balaban J connectivity index is 2.05. The second kappa shape index (κ2) is 6.41. The third kappa shape index (κ3) is 3.29. The van der Waals surface area contributed by atoms with Crippen molar-refractivity contribution >= 4 is 17.6 Å². The molecule has 2 N–H and O–H groups in total. The lowest BCUT2D eigenvalue weighted by Gasteiger charge is -2.33. The predicted octanol–water partition coefficient (Wildman–Crippen LogP) is 2.45. The first-order valence-electron chi connectivity index (χ1n) is 7.01. The van der Waals surface area contributed by atoms with Gasteiger partial charge >= 0.3 is 6.03 Å². The van der Waals surface area contributed by atoms with E-state index in [2.05, 4.69) is 17.6 Å². The Labute approximate surface area is 119 Å². The number of likely N-dealkylation sites (tertiary alicyclic amines) is 1. The summed E-state index contributed by atoms with van der Waals surface area (Å²) in [6.07, 6.45) is 3.34. The average molecular weight is 275 g/mol. The number of hydrogen-bond acceptors (Lipinski definition) is 2. The first kappa shape index (κ1) is 14.4. The topological polar surface area (TPSA) is 61.4 Å². The van der Waals surface area contributed by atoms with E-state index in [0.717, 1.165) is 19.4 Å². The van der Waals surface area contributed by atoms with Crippen molar-refractivity contribution in [2.75, 3.05) is 18.9 Å². The van der Waals surface area contributed by atoms with Crippen LogP contribution in [-0.4, -0.2) is 36.5 Å². The van der Waals surface area contributed by atoms with Crippen LogP contribution in [0, 0.1) is 0 Å². The maximum Gasteiger partial charge on any atom is 0.318 e. The molecule has 1 aromatic rings. The molecule has 0 aromatic heterocycles. The van der Waals surface area contributed by atoms with E-state index in [1.807, 2.05) is 4.90 Å². The zero-order valence-corrected chi connectivity index (χ0v) is 12.0. The van der Waals surface area contributed by atoms with E-state index in [9.17, 15) is 9.59 Å². The Morgan fingerprint density at radius 3 is 2.50 bits per heavy atom. The molecule has 5 heteroatoms. The van der Waals surface area contributed by atoms with Crippen molar-refractivity contribution in [3.05, 3.63) is 29.8 Å². The highest BCUT2D eigenvalue weighted by atomic mass is 16.2.